The molecule has 3 heterocycles. The van der Waals surface area contributed by atoms with Crippen molar-refractivity contribution >= 4 is 40.3 Å². The summed E-state index contributed by atoms with van der Waals surface area (Å²) in [4.78, 5) is 70.3. The molecule has 2 aliphatic carbocycles. The molecule has 2 saturated heterocycles. The van der Waals surface area contributed by atoms with Crippen molar-refractivity contribution in [2.24, 2.45) is 11.8 Å². The summed E-state index contributed by atoms with van der Waals surface area (Å²) in [6.07, 6.45) is 9.03. The van der Waals surface area contributed by atoms with E-state index < -0.39 is 47.0 Å². The minimum atomic E-state index is -1.21. The van der Waals surface area contributed by atoms with Crippen LogP contribution in [0.25, 0.3) is 10.9 Å². The van der Waals surface area contributed by atoms with Gasteiger partial charge in [-0.05, 0) is 69.1 Å². The number of hydrogen-bond donors (Lipinski definition) is 5. The minimum absolute atomic E-state index is 0.00298. The maximum absolute atomic E-state index is 14.0. The molecular formula is C34H45N5O7. The molecule has 46 heavy (non-hydrogen) atoms. The van der Waals surface area contributed by atoms with Crippen molar-refractivity contribution in [2.75, 3.05) is 20.3 Å². The first kappa shape index (κ1) is 32.0. The van der Waals surface area contributed by atoms with E-state index in [0.717, 1.165) is 55.8 Å². The fourth-order valence-corrected chi connectivity index (χ4v) is 7.34. The second-order valence-electron chi connectivity index (χ2n) is 13.6. The van der Waals surface area contributed by atoms with Crippen LogP contribution >= 0.6 is 0 Å². The number of amides is 4. The van der Waals surface area contributed by atoms with Crippen LogP contribution in [-0.2, 0) is 23.9 Å². The molecule has 3 atom stereocenters. The topological polar surface area (TPSA) is 168 Å². The molecule has 4 aliphatic rings. The number of H-pyrrole nitrogens is 1. The van der Waals surface area contributed by atoms with Gasteiger partial charge in [0.1, 0.15) is 17.5 Å². The average molecular weight is 636 g/mol. The quantitative estimate of drug-likeness (QED) is 0.224. The number of rotatable bonds is 12. The van der Waals surface area contributed by atoms with E-state index in [2.05, 4.69) is 26.3 Å². The highest BCUT2D eigenvalue weighted by Crippen LogP contribution is 2.36. The number of aromatic amines is 1. The summed E-state index contributed by atoms with van der Waals surface area (Å²) in [5.74, 6) is -2.41. The predicted molar refractivity (Wildman–Crippen MR) is 169 cm³/mol. The van der Waals surface area contributed by atoms with Crippen LogP contribution in [0.4, 0.5) is 0 Å². The molecule has 5 N–H and O–H groups in total. The number of ketones is 1. The zero-order chi connectivity index (χ0) is 32.3. The van der Waals surface area contributed by atoms with Gasteiger partial charge in [0, 0.05) is 41.6 Å². The summed E-state index contributed by atoms with van der Waals surface area (Å²) < 4.78 is 10.9. The molecular weight excluding hydrogens is 590 g/mol. The highest BCUT2D eigenvalue weighted by Gasteiger charge is 2.47. The summed E-state index contributed by atoms with van der Waals surface area (Å²) >= 11 is 0. The zero-order valence-electron chi connectivity index (χ0n) is 26.5. The molecule has 2 unspecified atom stereocenters. The molecule has 248 valence electrons. The van der Waals surface area contributed by atoms with E-state index in [-0.39, 0.29) is 30.0 Å². The van der Waals surface area contributed by atoms with Crippen LogP contribution in [0.2, 0.25) is 0 Å². The van der Waals surface area contributed by atoms with Crippen molar-refractivity contribution in [1.82, 2.24) is 26.3 Å². The average Bonchev–Trinajstić information content (AvgIpc) is 3.68. The molecule has 2 aromatic rings. The fraction of sp³-hybridized carbons (Fsp3) is 0.618. The van der Waals surface area contributed by atoms with Crippen LogP contribution in [0.15, 0.2) is 24.3 Å². The molecule has 0 bridgehead atoms. The van der Waals surface area contributed by atoms with Crippen LogP contribution in [0.1, 0.15) is 87.5 Å². The summed E-state index contributed by atoms with van der Waals surface area (Å²) in [6, 6.07) is 4.98. The van der Waals surface area contributed by atoms with Crippen molar-refractivity contribution in [3.05, 3.63) is 30.0 Å². The number of methoxy groups -OCH3 is 1. The Labute approximate surface area is 268 Å². The Hall–Kier alpha value is -3.93. The Morgan fingerprint density at radius 3 is 2.48 bits per heavy atom. The SMILES string of the molecule is COc1cccc2[nH]c(C(=O)N[C@@H](CC3CCCCC3)C(=O)NC(CC3CC4(CCOCC4)NC3=O)C(=O)C(=O)NC3CC3)cc12. The van der Waals surface area contributed by atoms with E-state index in [1.807, 2.05) is 18.2 Å². The van der Waals surface area contributed by atoms with Crippen LogP contribution in [0.5, 0.6) is 5.75 Å². The molecule has 1 aromatic heterocycles. The lowest BCUT2D eigenvalue weighted by Gasteiger charge is -2.33. The van der Waals surface area contributed by atoms with Gasteiger partial charge in [-0.1, -0.05) is 38.2 Å². The van der Waals surface area contributed by atoms with Gasteiger partial charge in [-0.3, -0.25) is 24.0 Å². The standard InChI is InChI=1S/C34H45N5O7/c1-45-28-9-5-8-24-23(28)18-27(36-24)32(43)38-26(16-20-6-3-2-4-7-20)31(42)37-25(29(40)33(44)35-22-10-11-22)17-21-19-34(39-30(21)41)12-14-46-15-13-34/h5,8-9,18,20-22,25-26,36H,2-4,6-7,10-17,19H2,1H3,(H,35,44)(H,37,42)(H,38,43)(H,39,41)/t21?,25?,26-/m0/s1. The molecule has 4 amide bonds. The maximum atomic E-state index is 14.0. The molecule has 12 nitrogen and oxygen atoms in total. The molecule has 1 spiro atoms. The van der Waals surface area contributed by atoms with Crippen molar-refractivity contribution in [3.63, 3.8) is 0 Å². The third-order valence-corrected chi connectivity index (χ3v) is 10.1. The summed E-state index contributed by atoms with van der Waals surface area (Å²) in [5.41, 5.74) is 0.609. The van der Waals surface area contributed by atoms with Crippen LogP contribution in [0, 0.1) is 11.8 Å². The Kier molecular flexibility index (Phi) is 9.62. The third-order valence-electron chi connectivity index (χ3n) is 10.1. The van der Waals surface area contributed by atoms with Crippen LogP contribution < -0.4 is 26.0 Å². The van der Waals surface area contributed by atoms with Gasteiger partial charge in [-0.25, -0.2) is 0 Å². The highest BCUT2D eigenvalue weighted by atomic mass is 16.5. The van der Waals surface area contributed by atoms with E-state index in [9.17, 15) is 24.0 Å². The van der Waals surface area contributed by atoms with Gasteiger partial charge >= 0.3 is 0 Å². The Balaban J connectivity index is 1.21. The van der Waals surface area contributed by atoms with E-state index in [1.54, 1.807) is 13.2 Å². The lowest BCUT2D eigenvalue weighted by atomic mass is 9.83. The van der Waals surface area contributed by atoms with E-state index >= 15 is 0 Å². The highest BCUT2D eigenvalue weighted by molar-refractivity contribution is 6.38. The predicted octanol–water partition coefficient (Wildman–Crippen LogP) is 2.65. The molecule has 0 radical (unpaired) electrons. The summed E-state index contributed by atoms with van der Waals surface area (Å²) in [6.45, 7) is 1.09. The van der Waals surface area contributed by atoms with Crippen molar-refractivity contribution in [1.29, 1.82) is 0 Å². The van der Waals surface area contributed by atoms with Gasteiger partial charge in [-0.2, -0.15) is 0 Å². The molecule has 12 heteroatoms. The molecule has 4 fully saturated rings. The Morgan fingerprint density at radius 1 is 1.00 bits per heavy atom. The molecule has 2 saturated carbocycles. The van der Waals surface area contributed by atoms with Gasteiger partial charge in [0.2, 0.25) is 17.6 Å². The van der Waals surface area contributed by atoms with Gasteiger partial charge in [0.25, 0.3) is 11.8 Å². The summed E-state index contributed by atoms with van der Waals surface area (Å²) in [7, 11) is 1.56. The second-order valence-corrected chi connectivity index (χ2v) is 13.6. The first-order valence-corrected chi connectivity index (χ1v) is 16.7. The number of nitrogens with one attached hydrogen (secondary N) is 5. The third kappa shape index (κ3) is 7.37. The number of hydrogen-bond acceptors (Lipinski definition) is 7. The lowest BCUT2D eigenvalue weighted by Crippen LogP contribution is -2.55. The van der Waals surface area contributed by atoms with Crippen molar-refractivity contribution in [2.45, 2.75) is 101 Å². The monoisotopic (exact) mass is 635 g/mol. The number of aromatic nitrogens is 1. The van der Waals surface area contributed by atoms with Gasteiger partial charge in [-0.15, -0.1) is 0 Å². The number of fused-ring (bicyclic) bond motifs is 1. The number of benzene rings is 1. The summed E-state index contributed by atoms with van der Waals surface area (Å²) in [5, 5.41) is 12.3. The first-order chi connectivity index (χ1) is 22.2. The van der Waals surface area contributed by atoms with Crippen LogP contribution in [-0.4, -0.2) is 78.4 Å². The number of carbonyl (C=O) groups excluding carboxylic acids is 5. The maximum Gasteiger partial charge on any atom is 0.289 e. The van der Waals surface area contributed by atoms with Gasteiger partial charge in [0.15, 0.2) is 0 Å². The lowest BCUT2D eigenvalue weighted by molar-refractivity contribution is -0.141. The number of ether oxygens (including phenoxy) is 2. The van der Waals surface area contributed by atoms with Crippen molar-refractivity contribution < 1.29 is 33.4 Å². The van der Waals surface area contributed by atoms with Crippen molar-refractivity contribution in [3.8, 4) is 5.75 Å². The molecule has 1 aromatic carbocycles. The normalized spacial score (nSPS) is 22.5. The Bertz CT molecular complexity index is 1470. The minimum Gasteiger partial charge on any atom is -0.496 e. The van der Waals surface area contributed by atoms with Gasteiger partial charge in [0.05, 0.1) is 13.2 Å². The largest absolute Gasteiger partial charge is 0.496 e. The molecule has 6 rings (SSSR count). The number of Topliss-reactive ketones (excluding diaryl/α,β-unsaturated/α-hetero) is 1. The van der Waals surface area contributed by atoms with Crippen LogP contribution in [0.3, 0.4) is 0 Å². The first-order valence-electron chi connectivity index (χ1n) is 16.7. The van der Waals surface area contributed by atoms with E-state index in [0.29, 0.717) is 44.6 Å². The van der Waals surface area contributed by atoms with E-state index in [4.69, 9.17) is 9.47 Å². The second kappa shape index (κ2) is 13.8. The van der Waals surface area contributed by atoms with Gasteiger partial charge < -0.3 is 35.7 Å². The zero-order valence-corrected chi connectivity index (χ0v) is 26.5. The Morgan fingerprint density at radius 2 is 1.76 bits per heavy atom. The smallest absolute Gasteiger partial charge is 0.289 e. The fourth-order valence-electron chi connectivity index (χ4n) is 7.34. The van der Waals surface area contributed by atoms with E-state index in [1.165, 1.54) is 0 Å². The molecule has 2 aliphatic heterocycles. The number of carbonyl (C=O) groups is 5.